The van der Waals surface area contributed by atoms with Crippen molar-refractivity contribution in [2.24, 2.45) is 11.5 Å². The molecule has 2 rings (SSSR count). The molecule has 2 aromatic rings. The smallest absolute Gasteiger partial charge is 0.263 e. The van der Waals surface area contributed by atoms with Crippen LogP contribution in [0.2, 0.25) is 0 Å². The Morgan fingerprint density at radius 2 is 1.65 bits per heavy atom. The molecular formula is C21H34N6O2S2. The van der Waals surface area contributed by atoms with Crippen LogP contribution in [0.5, 0.6) is 0 Å². The van der Waals surface area contributed by atoms with Gasteiger partial charge in [0.25, 0.3) is 11.8 Å². The summed E-state index contributed by atoms with van der Waals surface area (Å²) >= 11 is 2.63. The Morgan fingerprint density at radius 1 is 1.03 bits per heavy atom. The molecule has 0 aliphatic heterocycles. The molecule has 172 valence electrons. The SMILES string of the molecule is CCC(C)N[C@@H](C)c1nc(C)sc1C(=O)N[C@@H](CCCCN)c1nc(C)sc1C(N)=O. The van der Waals surface area contributed by atoms with Crippen molar-refractivity contribution in [2.75, 3.05) is 6.54 Å². The van der Waals surface area contributed by atoms with Crippen LogP contribution >= 0.6 is 22.7 Å². The van der Waals surface area contributed by atoms with Crippen molar-refractivity contribution in [2.45, 2.75) is 78.4 Å². The predicted octanol–water partition coefficient (Wildman–Crippen LogP) is 3.36. The molecule has 0 aromatic carbocycles. The van der Waals surface area contributed by atoms with Crippen LogP contribution < -0.4 is 22.1 Å². The van der Waals surface area contributed by atoms with E-state index in [4.69, 9.17) is 11.5 Å². The molecule has 2 amide bonds. The fourth-order valence-electron chi connectivity index (χ4n) is 3.37. The minimum Gasteiger partial charge on any atom is -0.365 e. The van der Waals surface area contributed by atoms with Gasteiger partial charge >= 0.3 is 0 Å². The van der Waals surface area contributed by atoms with Crippen LogP contribution in [0.3, 0.4) is 0 Å². The van der Waals surface area contributed by atoms with Gasteiger partial charge in [0.15, 0.2) is 0 Å². The number of nitrogens with zero attached hydrogens (tertiary/aromatic N) is 2. The first kappa shape index (κ1) is 25.4. The number of amides is 2. The summed E-state index contributed by atoms with van der Waals surface area (Å²) in [6.07, 6.45) is 3.23. The van der Waals surface area contributed by atoms with Crippen LogP contribution in [-0.2, 0) is 0 Å². The third-order valence-electron chi connectivity index (χ3n) is 5.09. The van der Waals surface area contributed by atoms with Crippen molar-refractivity contribution >= 4 is 34.5 Å². The highest BCUT2D eigenvalue weighted by atomic mass is 32.1. The molecule has 31 heavy (non-hydrogen) atoms. The summed E-state index contributed by atoms with van der Waals surface area (Å²) in [6.45, 7) is 10.5. The molecule has 0 fully saturated rings. The summed E-state index contributed by atoms with van der Waals surface area (Å²) in [5, 5.41) is 8.15. The molecule has 10 heteroatoms. The summed E-state index contributed by atoms with van der Waals surface area (Å²) in [4.78, 5) is 35.4. The number of thiazole rings is 2. The van der Waals surface area contributed by atoms with Crippen molar-refractivity contribution in [3.05, 3.63) is 31.2 Å². The number of hydrogen-bond donors (Lipinski definition) is 4. The van der Waals surface area contributed by atoms with Crippen molar-refractivity contribution in [3.63, 3.8) is 0 Å². The first-order valence-corrected chi connectivity index (χ1v) is 12.3. The van der Waals surface area contributed by atoms with Gasteiger partial charge < -0.3 is 22.1 Å². The number of carbonyl (C=O) groups is 2. The number of aryl methyl sites for hydroxylation is 2. The van der Waals surface area contributed by atoms with E-state index in [9.17, 15) is 9.59 Å². The fraction of sp³-hybridized carbons (Fsp3) is 0.619. The normalized spacial score (nSPS) is 14.3. The standard InChI is InChI=1S/C21H34N6O2S2/c1-6-11(2)24-12(3)16-19(31-13(4)25-16)21(29)27-15(9-7-8-10-22)17-18(20(23)28)30-14(5)26-17/h11-12,15,24H,6-10,22H2,1-5H3,(H2,23,28)(H,27,29)/t11?,12-,15-/m0/s1. The van der Waals surface area contributed by atoms with Crippen molar-refractivity contribution < 1.29 is 9.59 Å². The average Bonchev–Trinajstić information content (AvgIpc) is 3.30. The molecule has 0 bridgehead atoms. The summed E-state index contributed by atoms with van der Waals surface area (Å²) < 4.78 is 0. The van der Waals surface area contributed by atoms with E-state index in [0.717, 1.165) is 35.0 Å². The lowest BCUT2D eigenvalue weighted by Gasteiger charge is -2.20. The summed E-state index contributed by atoms with van der Waals surface area (Å²) in [5.74, 6) is -0.739. The van der Waals surface area contributed by atoms with E-state index in [0.29, 0.717) is 34.5 Å². The maximum atomic E-state index is 13.3. The number of hydrogen-bond acceptors (Lipinski definition) is 8. The number of carbonyl (C=O) groups excluding carboxylic acids is 2. The van der Waals surface area contributed by atoms with E-state index < -0.39 is 11.9 Å². The molecule has 0 aliphatic carbocycles. The number of unbranched alkanes of at least 4 members (excludes halogenated alkanes) is 1. The molecular weight excluding hydrogens is 432 g/mol. The number of nitrogens with one attached hydrogen (secondary N) is 2. The maximum absolute atomic E-state index is 13.3. The second-order valence-corrected chi connectivity index (χ2v) is 10.2. The van der Waals surface area contributed by atoms with E-state index in [-0.39, 0.29) is 11.9 Å². The second-order valence-electron chi connectivity index (χ2n) is 7.77. The van der Waals surface area contributed by atoms with Gasteiger partial charge in [0, 0.05) is 12.1 Å². The van der Waals surface area contributed by atoms with Gasteiger partial charge in [-0.2, -0.15) is 0 Å². The highest BCUT2D eigenvalue weighted by Gasteiger charge is 2.28. The number of nitrogens with two attached hydrogens (primary N) is 2. The molecule has 0 saturated carbocycles. The predicted molar refractivity (Wildman–Crippen MR) is 127 cm³/mol. The van der Waals surface area contributed by atoms with Gasteiger partial charge in [0.05, 0.1) is 27.4 Å². The van der Waals surface area contributed by atoms with Crippen LogP contribution in [0.4, 0.5) is 0 Å². The average molecular weight is 467 g/mol. The second kappa shape index (κ2) is 11.7. The van der Waals surface area contributed by atoms with E-state index in [1.807, 2.05) is 20.8 Å². The summed E-state index contributed by atoms with van der Waals surface area (Å²) in [7, 11) is 0. The van der Waals surface area contributed by atoms with E-state index in [1.54, 1.807) is 0 Å². The Kier molecular flexibility index (Phi) is 9.54. The first-order chi connectivity index (χ1) is 14.7. The lowest BCUT2D eigenvalue weighted by molar-refractivity contribution is 0.0930. The molecule has 2 heterocycles. The number of rotatable bonds is 12. The van der Waals surface area contributed by atoms with E-state index >= 15 is 0 Å². The van der Waals surface area contributed by atoms with Gasteiger partial charge in [-0.3, -0.25) is 9.59 Å². The zero-order valence-corrected chi connectivity index (χ0v) is 20.6. The van der Waals surface area contributed by atoms with Crippen LogP contribution in [0, 0.1) is 13.8 Å². The van der Waals surface area contributed by atoms with Crippen molar-refractivity contribution in [3.8, 4) is 0 Å². The molecule has 1 unspecified atom stereocenters. The lowest BCUT2D eigenvalue weighted by Crippen LogP contribution is -2.33. The molecule has 0 spiro atoms. The largest absolute Gasteiger partial charge is 0.365 e. The van der Waals surface area contributed by atoms with Gasteiger partial charge in [-0.1, -0.05) is 6.92 Å². The Bertz CT molecular complexity index is 895. The van der Waals surface area contributed by atoms with Crippen molar-refractivity contribution in [1.29, 1.82) is 0 Å². The summed E-state index contributed by atoms with van der Waals surface area (Å²) in [5.41, 5.74) is 12.5. The van der Waals surface area contributed by atoms with Crippen LogP contribution in [0.25, 0.3) is 0 Å². The highest BCUT2D eigenvalue weighted by molar-refractivity contribution is 7.14. The van der Waals surface area contributed by atoms with Gasteiger partial charge in [0.2, 0.25) is 0 Å². The van der Waals surface area contributed by atoms with E-state index in [2.05, 4.69) is 34.4 Å². The zero-order chi connectivity index (χ0) is 23.1. The zero-order valence-electron chi connectivity index (χ0n) is 18.9. The van der Waals surface area contributed by atoms with Crippen LogP contribution in [-0.4, -0.2) is 34.4 Å². The van der Waals surface area contributed by atoms with Gasteiger partial charge in [-0.25, -0.2) is 9.97 Å². The Morgan fingerprint density at radius 3 is 2.23 bits per heavy atom. The molecule has 0 saturated heterocycles. The molecule has 6 N–H and O–H groups in total. The number of aromatic nitrogens is 2. The van der Waals surface area contributed by atoms with Crippen LogP contribution in [0.1, 0.15) is 99.3 Å². The number of primary amides is 1. The van der Waals surface area contributed by atoms with Gasteiger partial charge in [0.1, 0.15) is 9.75 Å². The molecule has 2 aromatic heterocycles. The quantitative estimate of drug-likeness (QED) is 0.354. The summed E-state index contributed by atoms with van der Waals surface area (Å²) in [6, 6.07) is -0.161. The topological polar surface area (TPSA) is 136 Å². The van der Waals surface area contributed by atoms with Gasteiger partial charge in [-0.15, -0.1) is 22.7 Å². The van der Waals surface area contributed by atoms with Gasteiger partial charge in [-0.05, 0) is 59.9 Å². The van der Waals surface area contributed by atoms with Crippen molar-refractivity contribution in [1.82, 2.24) is 20.6 Å². The molecule has 3 atom stereocenters. The fourth-order valence-corrected chi connectivity index (χ4v) is 5.12. The Hall–Kier alpha value is -1.88. The Balaban J connectivity index is 2.31. The minimum absolute atomic E-state index is 0.0564. The van der Waals surface area contributed by atoms with E-state index in [1.165, 1.54) is 22.7 Å². The third-order valence-corrected chi connectivity index (χ3v) is 7.08. The maximum Gasteiger partial charge on any atom is 0.263 e. The van der Waals surface area contributed by atoms with Crippen LogP contribution in [0.15, 0.2) is 0 Å². The Labute approximate surface area is 192 Å². The molecule has 0 aliphatic rings. The monoisotopic (exact) mass is 466 g/mol. The lowest BCUT2D eigenvalue weighted by atomic mass is 10.0. The third kappa shape index (κ3) is 6.80. The molecule has 0 radical (unpaired) electrons. The minimum atomic E-state index is -0.528. The highest BCUT2D eigenvalue weighted by Crippen LogP contribution is 2.29. The first-order valence-electron chi connectivity index (χ1n) is 10.7. The molecule has 8 nitrogen and oxygen atoms in total.